The molecule has 1 aliphatic rings. The average molecular weight is 509 g/mol. The van der Waals surface area contributed by atoms with Crippen molar-refractivity contribution in [3.8, 4) is 11.4 Å². The number of rotatable bonds is 6. The van der Waals surface area contributed by atoms with E-state index in [9.17, 15) is 23.1 Å². The standard InChI is InChI=1S/C27H23F3N4O3/c28-27(29,30)26-32-23(33-37-26)18-10-12-19(13-11-18)24(35)31-16-21-15-14-17-6-4-5-9-22(17)34(21)25(36)20-7-2-1-3-8-20/h1-13,21,25,36H,14-16H2,(H,31,35). The minimum Gasteiger partial charge on any atom is -0.369 e. The first-order valence-electron chi connectivity index (χ1n) is 11.7. The van der Waals surface area contributed by atoms with Gasteiger partial charge in [0.15, 0.2) is 6.23 Å². The van der Waals surface area contributed by atoms with Gasteiger partial charge in [0.25, 0.3) is 5.91 Å². The van der Waals surface area contributed by atoms with Crippen LogP contribution < -0.4 is 10.2 Å². The van der Waals surface area contributed by atoms with E-state index >= 15 is 0 Å². The average Bonchev–Trinajstić information content (AvgIpc) is 3.43. The van der Waals surface area contributed by atoms with E-state index in [0.717, 1.165) is 29.7 Å². The summed E-state index contributed by atoms with van der Waals surface area (Å²) in [5.41, 5.74) is 3.42. The number of halogens is 3. The Morgan fingerprint density at radius 1 is 1.05 bits per heavy atom. The van der Waals surface area contributed by atoms with Gasteiger partial charge in [0.1, 0.15) is 0 Å². The number of nitrogens with one attached hydrogen (secondary N) is 1. The topological polar surface area (TPSA) is 91.5 Å². The fraction of sp³-hybridized carbons (Fsp3) is 0.222. The molecule has 2 atom stereocenters. The number of para-hydroxylation sites is 1. The van der Waals surface area contributed by atoms with Crippen molar-refractivity contribution in [2.24, 2.45) is 0 Å². The zero-order chi connectivity index (χ0) is 26.0. The van der Waals surface area contributed by atoms with Crippen molar-refractivity contribution in [1.29, 1.82) is 0 Å². The highest BCUT2D eigenvalue weighted by molar-refractivity contribution is 5.94. The molecule has 5 rings (SSSR count). The largest absolute Gasteiger partial charge is 0.471 e. The second kappa shape index (κ2) is 10.1. The van der Waals surface area contributed by atoms with Crippen LogP contribution in [0.2, 0.25) is 0 Å². The van der Waals surface area contributed by atoms with E-state index in [-0.39, 0.29) is 23.3 Å². The third kappa shape index (κ3) is 5.19. The molecule has 10 heteroatoms. The smallest absolute Gasteiger partial charge is 0.369 e. The Hall–Kier alpha value is -4.18. The molecule has 0 aliphatic carbocycles. The molecule has 4 aromatic rings. The van der Waals surface area contributed by atoms with Crippen LogP contribution in [0.25, 0.3) is 11.4 Å². The molecular weight excluding hydrogens is 485 g/mol. The van der Waals surface area contributed by atoms with Crippen LogP contribution in [0.1, 0.15) is 40.0 Å². The molecule has 1 amide bonds. The van der Waals surface area contributed by atoms with E-state index in [0.29, 0.717) is 12.1 Å². The SMILES string of the molecule is O=C(NCC1CCc2ccccc2N1C(O)c1ccccc1)c1ccc(-c2noc(C(F)(F)F)n2)cc1. The number of aliphatic hydroxyl groups excluding tert-OH is 1. The summed E-state index contributed by atoms with van der Waals surface area (Å²) in [6, 6.07) is 23.0. The Labute approximate surface area is 210 Å². The van der Waals surface area contributed by atoms with Gasteiger partial charge in [0.2, 0.25) is 5.82 Å². The van der Waals surface area contributed by atoms with Gasteiger partial charge in [-0.05, 0) is 36.6 Å². The number of nitrogens with zero attached hydrogens (tertiary/aromatic N) is 3. The van der Waals surface area contributed by atoms with Gasteiger partial charge in [-0.1, -0.05) is 65.8 Å². The van der Waals surface area contributed by atoms with E-state index < -0.39 is 18.3 Å². The summed E-state index contributed by atoms with van der Waals surface area (Å²) in [4.78, 5) is 18.2. The molecule has 2 unspecified atom stereocenters. The molecule has 0 radical (unpaired) electrons. The van der Waals surface area contributed by atoms with Gasteiger partial charge in [-0.15, -0.1) is 0 Å². The number of aryl methyl sites for hydroxylation is 1. The fourth-order valence-corrected chi connectivity index (χ4v) is 4.49. The molecule has 1 aliphatic heterocycles. The van der Waals surface area contributed by atoms with Crippen LogP contribution in [-0.2, 0) is 12.6 Å². The first-order valence-corrected chi connectivity index (χ1v) is 11.7. The zero-order valence-electron chi connectivity index (χ0n) is 19.5. The summed E-state index contributed by atoms with van der Waals surface area (Å²) < 4.78 is 42.4. The van der Waals surface area contributed by atoms with Gasteiger partial charge in [0.05, 0.1) is 0 Å². The number of carbonyl (C=O) groups excluding carboxylic acids is 1. The lowest BCUT2D eigenvalue weighted by atomic mass is 9.94. The zero-order valence-corrected chi connectivity index (χ0v) is 19.5. The van der Waals surface area contributed by atoms with E-state index in [1.54, 1.807) is 0 Å². The first-order chi connectivity index (χ1) is 17.8. The molecule has 0 spiro atoms. The molecule has 37 heavy (non-hydrogen) atoms. The third-order valence-corrected chi connectivity index (χ3v) is 6.34. The second-order valence-corrected chi connectivity index (χ2v) is 8.72. The molecule has 0 fully saturated rings. The molecule has 0 saturated heterocycles. The van der Waals surface area contributed by atoms with Gasteiger partial charge in [-0.25, -0.2) is 0 Å². The highest BCUT2D eigenvalue weighted by Crippen LogP contribution is 2.36. The Morgan fingerprint density at radius 3 is 2.46 bits per heavy atom. The molecule has 2 heterocycles. The van der Waals surface area contributed by atoms with Crippen LogP contribution in [0.4, 0.5) is 18.9 Å². The van der Waals surface area contributed by atoms with Crippen LogP contribution in [0.3, 0.4) is 0 Å². The lowest BCUT2D eigenvalue weighted by molar-refractivity contribution is -0.159. The summed E-state index contributed by atoms with van der Waals surface area (Å²) in [6.07, 6.45) is -4.07. The van der Waals surface area contributed by atoms with Crippen molar-refractivity contribution in [2.45, 2.75) is 31.3 Å². The van der Waals surface area contributed by atoms with E-state index in [1.807, 2.05) is 59.5 Å². The van der Waals surface area contributed by atoms with Crippen molar-refractivity contribution in [2.75, 3.05) is 11.4 Å². The number of aromatic nitrogens is 2. The first kappa shape index (κ1) is 24.5. The minimum absolute atomic E-state index is 0.159. The molecule has 190 valence electrons. The Morgan fingerprint density at radius 2 is 1.76 bits per heavy atom. The predicted molar refractivity (Wildman–Crippen MR) is 130 cm³/mol. The molecular formula is C27H23F3N4O3. The molecule has 0 bridgehead atoms. The lowest BCUT2D eigenvalue weighted by Gasteiger charge is -2.42. The number of alkyl halides is 3. The predicted octanol–water partition coefficient (Wildman–Crippen LogP) is 5.00. The number of fused-ring (bicyclic) bond motifs is 1. The quantitative estimate of drug-likeness (QED) is 0.381. The van der Waals surface area contributed by atoms with Gasteiger partial charge >= 0.3 is 12.1 Å². The summed E-state index contributed by atoms with van der Waals surface area (Å²) in [7, 11) is 0. The van der Waals surface area contributed by atoms with Crippen molar-refractivity contribution in [1.82, 2.24) is 15.5 Å². The maximum absolute atomic E-state index is 12.9. The van der Waals surface area contributed by atoms with E-state index in [2.05, 4.69) is 20.0 Å². The minimum atomic E-state index is -4.73. The Balaban J connectivity index is 1.30. The van der Waals surface area contributed by atoms with Crippen LogP contribution in [-0.4, -0.2) is 33.7 Å². The summed E-state index contributed by atoms with van der Waals surface area (Å²) in [6.45, 7) is 0.290. The number of anilines is 1. The fourth-order valence-electron chi connectivity index (χ4n) is 4.49. The van der Waals surface area contributed by atoms with Crippen molar-refractivity contribution in [3.63, 3.8) is 0 Å². The maximum Gasteiger partial charge on any atom is 0.471 e. The van der Waals surface area contributed by atoms with Gasteiger partial charge in [-0.2, -0.15) is 18.2 Å². The van der Waals surface area contributed by atoms with Crippen LogP contribution in [0.5, 0.6) is 0 Å². The Kier molecular flexibility index (Phi) is 6.66. The van der Waals surface area contributed by atoms with Crippen LogP contribution in [0, 0.1) is 0 Å². The summed E-state index contributed by atoms with van der Waals surface area (Å²) >= 11 is 0. The normalized spacial score (nSPS) is 16.2. The lowest BCUT2D eigenvalue weighted by Crippen LogP contribution is -2.48. The van der Waals surface area contributed by atoms with Crippen LogP contribution in [0.15, 0.2) is 83.4 Å². The highest BCUT2D eigenvalue weighted by Gasteiger charge is 2.38. The number of aliphatic hydroxyl groups is 1. The third-order valence-electron chi connectivity index (χ3n) is 6.34. The van der Waals surface area contributed by atoms with Crippen molar-refractivity contribution < 1.29 is 27.6 Å². The molecule has 0 saturated carbocycles. The number of benzene rings is 3. The van der Waals surface area contributed by atoms with E-state index in [1.165, 1.54) is 24.3 Å². The second-order valence-electron chi connectivity index (χ2n) is 8.72. The molecule has 3 aromatic carbocycles. The Bertz CT molecular complexity index is 1370. The number of amides is 1. The van der Waals surface area contributed by atoms with Crippen molar-refractivity contribution >= 4 is 11.6 Å². The summed E-state index contributed by atoms with van der Waals surface area (Å²) in [5.74, 6) is -1.99. The molecule has 2 N–H and O–H groups in total. The number of hydrogen-bond acceptors (Lipinski definition) is 6. The van der Waals surface area contributed by atoms with Gasteiger partial charge < -0.3 is 19.8 Å². The van der Waals surface area contributed by atoms with Gasteiger partial charge in [-0.3, -0.25) is 4.79 Å². The van der Waals surface area contributed by atoms with Crippen molar-refractivity contribution in [3.05, 3.63) is 101 Å². The highest BCUT2D eigenvalue weighted by atomic mass is 19.4. The van der Waals surface area contributed by atoms with Gasteiger partial charge in [0, 0.05) is 35.0 Å². The monoisotopic (exact) mass is 508 g/mol. The number of carbonyl (C=O) groups is 1. The number of hydrogen-bond donors (Lipinski definition) is 2. The molecule has 1 aromatic heterocycles. The van der Waals surface area contributed by atoms with Crippen LogP contribution >= 0.6 is 0 Å². The maximum atomic E-state index is 12.9. The molecule has 7 nitrogen and oxygen atoms in total. The van der Waals surface area contributed by atoms with E-state index in [4.69, 9.17) is 0 Å². The summed E-state index contributed by atoms with van der Waals surface area (Å²) in [5, 5.41) is 17.5.